The molecule has 1 aliphatic rings. The van der Waals surface area contributed by atoms with E-state index in [1.54, 1.807) is 30.3 Å². The van der Waals surface area contributed by atoms with Crippen molar-refractivity contribution >= 4 is 11.8 Å². The molecule has 0 amide bonds. The third kappa shape index (κ3) is 2.48. The highest BCUT2D eigenvalue weighted by atomic mass is 16.5. The lowest BCUT2D eigenvalue weighted by Crippen LogP contribution is -2.18. The number of Topliss-reactive ketones (excluding diaryl/α,β-unsaturated/α-hetero) is 1. The van der Waals surface area contributed by atoms with Crippen LogP contribution in [0.1, 0.15) is 23.7 Å². The Morgan fingerprint density at radius 3 is 2.50 bits per heavy atom. The SMILES string of the molecule is C[C@@H]1C[C@@H]1COC(=O)C(=O)c1ccccc1. The average Bonchev–Trinajstić information content (AvgIpc) is 3.02. The highest BCUT2D eigenvalue weighted by molar-refractivity contribution is 6.40. The Morgan fingerprint density at radius 1 is 1.31 bits per heavy atom. The largest absolute Gasteiger partial charge is 0.459 e. The van der Waals surface area contributed by atoms with Crippen molar-refractivity contribution < 1.29 is 14.3 Å². The molecule has 0 spiro atoms. The summed E-state index contributed by atoms with van der Waals surface area (Å²) in [6.07, 6.45) is 1.09. The zero-order chi connectivity index (χ0) is 11.5. The highest BCUT2D eigenvalue weighted by Gasteiger charge is 2.34. The number of hydrogen-bond acceptors (Lipinski definition) is 3. The maximum Gasteiger partial charge on any atom is 0.379 e. The number of ketones is 1. The minimum absolute atomic E-state index is 0.374. The third-order valence-corrected chi connectivity index (χ3v) is 2.93. The van der Waals surface area contributed by atoms with E-state index in [2.05, 4.69) is 6.92 Å². The van der Waals surface area contributed by atoms with E-state index in [1.165, 1.54) is 0 Å². The van der Waals surface area contributed by atoms with Gasteiger partial charge in [-0.15, -0.1) is 0 Å². The monoisotopic (exact) mass is 218 g/mol. The van der Waals surface area contributed by atoms with Crippen LogP contribution in [0.2, 0.25) is 0 Å². The van der Waals surface area contributed by atoms with Crippen LogP contribution in [0.4, 0.5) is 0 Å². The van der Waals surface area contributed by atoms with E-state index in [-0.39, 0.29) is 0 Å². The van der Waals surface area contributed by atoms with Gasteiger partial charge in [-0.25, -0.2) is 4.79 Å². The number of esters is 1. The molecule has 2 atom stereocenters. The van der Waals surface area contributed by atoms with Gasteiger partial charge in [0.25, 0.3) is 5.78 Å². The summed E-state index contributed by atoms with van der Waals surface area (Å²) < 4.78 is 4.96. The van der Waals surface area contributed by atoms with Crippen LogP contribution in [-0.2, 0) is 9.53 Å². The number of carbonyl (C=O) groups excluding carboxylic acids is 2. The molecule has 16 heavy (non-hydrogen) atoms. The third-order valence-electron chi connectivity index (χ3n) is 2.93. The molecular formula is C13H14O3. The Labute approximate surface area is 94.4 Å². The topological polar surface area (TPSA) is 43.4 Å². The second-order valence-corrected chi connectivity index (χ2v) is 4.27. The summed E-state index contributed by atoms with van der Waals surface area (Å²) in [5.41, 5.74) is 0.386. The van der Waals surface area contributed by atoms with Gasteiger partial charge in [0.1, 0.15) is 0 Å². The molecule has 2 rings (SSSR count). The van der Waals surface area contributed by atoms with Gasteiger partial charge in [-0.1, -0.05) is 37.3 Å². The van der Waals surface area contributed by atoms with E-state index in [9.17, 15) is 9.59 Å². The van der Waals surface area contributed by atoms with Crippen LogP contribution in [0.5, 0.6) is 0 Å². The number of carbonyl (C=O) groups is 2. The van der Waals surface area contributed by atoms with E-state index in [0.717, 1.165) is 6.42 Å². The van der Waals surface area contributed by atoms with Crippen LogP contribution in [0.25, 0.3) is 0 Å². The second kappa shape index (κ2) is 4.47. The fourth-order valence-electron chi connectivity index (χ4n) is 1.59. The fourth-order valence-corrected chi connectivity index (χ4v) is 1.59. The summed E-state index contributed by atoms with van der Waals surface area (Å²) in [6, 6.07) is 8.48. The van der Waals surface area contributed by atoms with E-state index in [0.29, 0.717) is 24.0 Å². The van der Waals surface area contributed by atoms with E-state index < -0.39 is 11.8 Å². The highest BCUT2D eigenvalue weighted by Crippen LogP contribution is 2.37. The summed E-state index contributed by atoms with van der Waals surface area (Å²) in [7, 11) is 0. The lowest BCUT2D eigenvalue weighted by Gasteiger charge is -2.02. The maximum atomic E-state index is 11.6. The van der Waals surface area contributed by atoms with Crippen molar-refractivity contribution in [3.05, 3.63) is 35.9 Å². The first kappa shape index (κ1) is 10.9. The predicted molar refractivity (Wildman–Crippen MR) is 59.0 cm³/mol. The Morgan fingerprint density at radius 2 is 1.94 bits per heavy atom. The van der Waals surface area contributed by atoms with Gasteiger partial charge in [-0.3, -0.25) is 4.79 Å². The van der Waals surface area contributed by atoms with E-state index in [4.69, 9.17) is 4.74 Å². The molecule has 0 aliphatic heterocycles. The lowest BCUT2D eigenvalue weighted by molar-refractivity contribution is -0.138. The first-order chi connectivity index (χ1) is 7.68. The van der Waals surface area contributed by atoms with Gasteiger partial charge < -0.3 is 4.74 Å². The Balaban J connectivity index is 1.87. The second-order valence-electron chi connectivity index (χ2n) is 4.27. The standard InChI is InChI=1S/C13H14O3/c1-9-7-11(9)8-16-13(15)12(14)10-5-3-2-4-6-10/h2-6,9,11H,7-8H2,1H3/t9-,11-/m1/s1. The Bertz CT molecular complexity index is 397. The van der Waals surface area contributed by atoms with E-state index >= 15 is 0 Å². The molecular weight excluding hydrogens is 204 g/mol. The molecule has 1 aromatic carbocycles. The predicted octanol–water partition coefficient (Wildman–Crippen LogP) is 2.07. The van der Waals surface area contributed by atoms with Crippen LogP contribution >= 0.6 is 0 Å². The van der Waals surface area contributed by atoms with Crippen LogP contribution in [-0.4, -0.2) is 18.4 Å². The zero-order valence-electron chi connectivity index (χ0n) is 9.18. The molecule has 0 bridgehead atoms. The zero-order valence-corrected chi connectivity index (χ0v) is 9.18. The molecule has 1 aromatic rings. The van der Waals surface area contributed by atoms with E-state index in [1.807, 2.05) is 0 Å². The van der Waals surface area contributed by atoms with Gasteiger partial charge in [0.15, 0.2) is 0 Å². The van der Waals surface area contributed by atoms with Gasteiger partial charge in [0, 0.05) is 5.56 Å². The molecule has 0 heterocycles. The molecule has 1 saturated carbocycles. The fraction of sp³-hybridized carbons (Fsp3) is 0.385. The normalized spacial score (nSPS) is 22.6. The molecule has 0 aromatic heterocycles. The van der Waals surface area contributed by atoms with Crippen molar-refractivity contribution in [2.45, 2.75) is 13.3 Å². The molecule has 1 aliphatic carbocycles. The summed E-state index contributed by atoms with van der Waals surface area (Å²) in [5.74, 6) is -0.230. The van der Waals surface area contributed by atoms with Crippen LogP contribution in [0.3, 0.4) is 0 Å². The molecule has 3 nitrogen and oxygen atoms in total. The van der Waals surface area contributed by atoms with Gasteiger partial charge in [-0.05, 0) is 18.3 Å². The number of ether oxygens (including phenoxy) is 1. The van der Waals surface area contributed by atoms with Gasteiger partial charge in [0.2, 0.25) is 0 Å². The molecule has 1 fully saturated rings. The smallest absolute Gasteiger partial charge is 0.379 e. The molecule has 84 valence electrons. The molecule has 0 saturated heterocycles. The molecule has 0 radical (unpaired) electrons. The Hall–Kier alpha value is -1.64. The summed E-state index contributed by atoms with van der Waals surface area (Å²) in [5, 5.41) is 0. The van der Waals surface area contributed by atoms with Crippen molar-refractivity contribution in [1.82, 2.24) is 0 Å². The molecule has 3 heteroatoms. The van der Waals surface area contributed by atoms with Crippen molar-refractivity contribution in [3.8, 4) is 0 Å². The minimum atomic E-state index is -0.745. The summed E-state index contributed by atoms with van der Waals surface area (Å²) >= 11 is 0. The quantitative estimate of drug-likeness (QED) is 0.441. The first-order valence-corrected chi connectivity index (χ1v) is 5.45. The van der Waals surface area contributed by atoms with Crippen LogP contribution in [0, 0.1) is 11.8 Å². The lowest BCUT2D eigenvalue weighted by atomic mass is 10.1. The van der Waals surface area contributed by atoms with Crippen molar-refractivity contribution in [2.24, 2.45) is 11.8 Å². The summed E-state index contributed by atoms with van der Waals surface area (Å²) in [4.78, 5) is 23.0. The van der Waals surface area contributed by atoms with Gasteiger partial charge >= 0.3 is 5.97 Å². The molecule has 0 N–H and O–H groups in total. The van der Waals surface area contributed by atoms with Crippen LogP contribution in [0.15, 0.2) is 30.3 Å². The average molecular weight is 218 g/mol. The summed E-state index contributed by atoms with van der Waals surface area (Å²) in [6.45, 7) is 2.48. The van der Waals surface area contributed by atoms with Gasteiger partial charge in [-0.2, -0.15) is 0 Å². The van der Waals surface area contributed by atoms with Crippen LogP contribution < -0.4 is 0 Å². The maximum absolute atomic E-state index is 11.6. The first-order valence-electron chi connectivity index (χ1n) is 5.45. The van der Waals surface area contributed by atoms with Crippen molar-refractivity contribution in [3.63, 3.8) is 0 Å². The number of benzene rings is 1. The number of hydrogen-bond donors (Lipinski definition) is 0. The van der Waals surface area contributed by atoms with Gasteiger partial charge in [0.05, 0.1) is 6.61 Å². The van der Waals surface area contributed by atoms with Crippen molar-refractivity contribution in [2.75, 3.05) is 6.61 Å². The minimum Gasteiger partial charge on any atom is -0.459 e. The Kier molecular flexibility index (Phi) is 3.04. The number of rotatable bonds is 4. The molecule has 0 unspecified atom stereocenters. The van der Waals surface area contributed by atoms with Crippen molar-refractivity contribution in [1.29, 1.82) is 0 Å².